The van der Waals surface area contributed by atoms with Gasteiger partial charge in [-0.1, -0.05) is 18.2 Å². The van der Waals surface area contributed by atoms with E-state index in [0.29, 0.717) is 17.3 Å². The second-order valence-corrected chi connectivity index (χ2v) is 4.36. The molecule has 5 heteroatoms. The fourth-order valence-corrected chi connectivity index (χ4v) is 1.88. The number of aryl methyl sites for hydroxylation is 1. The summed E-state index contributed by atoms with van der Waals surface area (Å²) in [5.74, 6) is 0.998. The first-order chi connectivity index (χ1) is 9.10. The van der Waals surface area contributed by atoms with Gasteiger partial charge < -0.3 is 10.6 Å². The Labute approximate surface area is 112 Å². The Hall–Kier alpha value is -2.17. The Morgan fingerprint density at radius 3 is 2.63 bits per heavy atom. The number of nitrogens with zero attached hydrogens (tertiary/aromatic N) is 2. The van der Waals surface area contributed by atoms with E-state index in [4.69, 9.17) is 0 Å². The molecule has 0 aliphatic carbocycles. The minimum atomic E-state index is -0.220. The predicted molar refractivity (Wildman–Crippen MR) is 74.8 cm³/mol. The number of halogens is 1. The second kappa shape index (κ2) is 5.65. The summed E-state index contributed by atoms with van der Waals surface area (Å²) in [4.78, 5) is 8.51. The molecule has 1 atom stereocenters. The van der Waals surface area contributed by atoms with E-state index in [0.717, 1.165) is 5.69 Å². The van der Waals surface area contributed by atoms with Gasteiger partial charge in [0.05, 0.1) is 6.04 Å². The fourth-order valence-electron chi connectivity index (χ4n) is 1.88. The Bertz CT molecular complexity index is 571. The molecule has 0 aliphatic rings. The van der Waals surface area contributed by atoms with Crippen molar-refractivity contribution < 1.29 is 4.39 Å². The topological polar surface area (TPSA) is 49.8 Å². The predicted octanol–water partition coefficient (Wildman–Crippen LogP) is 3.14. The summed E-state index contributed by atoms with van der Waals surface area (Å²) in [6.45, 7) is 3.79. The molecule has 0 aliphatic heterocycles. The molecule has 0 saturated heterocycles. The van der Waals surface area contributed by atoms with Crippen molar-refractivity contribution in [2.45, 2.75) is 19.9 Å². The lowest BCUT2D eigenvalue weighted by molar-refractivity contribution is 0.600. The minimum Gasteiger partial charge on any atom is -0.363 e. The summed E-state index contributed by atoms with van der Waals surface area (Å²) in [6, 6.07) is 8.39. The Kier molecular flexibility index (Phi) is 3.94. The molecule has 2 N–H and O–H groups in total. The quantitative estimate of drug-likeness (QED) is 0.886. The number of nitrogens with one attached hydrogen (secondary N) is 2. The maximum atomic E-state index is 13.7. The smallest absolute Gasteiger partial charge is 0.224 e. The van der Waals surface area contributed by atoms with Crippen molar-refractivity contribution in [3.63, 3.8) is 0 Å². The van der Waals surface area contributed by atoms with Crippen molar-refractivity contribution in [3.05, 3.63) is 47.4 Å². The van der Waals surface area contributed by atoms with E-state index in [9.17, 15) is 4.39 Å². The van der Waals surface area contributed by atoms with Crippen LogP contribution >= 0.6 is 0 Å². The van der Waals surface area contributed by atoms with Crippen LogP contribution in [-0.4, -0.2) is 17.0 Å². The fraction of sp³-hybridized carbons (Fsp3) is 0.286. The van der Waals surface area contributed by atoms with Crippen LogP contribution in [0.1, 0.15) is 24.2 Å². The van der Waals surface area contributed by atoms with Crippen LogP contribution in [0.2, 0.25) is 0 Å². The van der Waals surface area contributed by atoms with Gasteiger partial charge >= 0.3 is 0 Å². The van der Waals surface area contributed by atoms with E-state index in [1.165, 1.54) is 6.07 Å². The average Bonchev–Trinajstić information content (AvgIpc) is 2.38. The standard InChI is InChI=1S/C14H17FN4/c1-9-8-13(19-14(16-3)17-9)18-10(2)11-6-4-5-7-12(11)15/h4-8,10H,1-3H3,(H2,16,17,18,19). The first-order valence-corrected chi connectivity index (χ1v) is 6.14. The SMILES string of the molecule is CNc1nc(C)cc(NC(C)c2ccccc2F)n1. The molecule has 19 heavy (non-hydrogen) atoms. The second-order valence-electron chi connectivity index (χ2n) is 4.36. The molecule has 0 radical (unpaired) electrons. The van der Waals surface area contributed by atoms with Crippen LogP contribution in [-0.2, 0) is 0 Å². The average molecular weight is 260 g/mol. The minimum absolute atomic E-state index is 0.166. The zero-order valence-electron chi connectivity index (χ0n) is 11.2. The van der Waals surface area contributed by atoms with Crippen molar-refractivity contribution in [3.8, 4) is 0 Å². The zero-order valence-corrected chi connectivity index (χ0v) is 11.2. The third-order valence-corrected chi connectivity index (χ3v) is 2.81. The molecular formula is C14H17FN4. The molecule has 0 amide bonds. The third-order valence-electron chi connectivity index (χ3n) is 2.81. The van der Waals surface area contributed by atoms with Crippen LogP contribution in [0.5, 0.6) is 0 Å². The molecule has 1 aromatic carbocycles. The van der Waals surface area contributed by atoms with Crippen LogP contribution in [0.4, 0.5) is 16.2 Å². The lowest BCUT2D eigenvalue weighted by atomic mass is 10.1. The molecule has 4 nitrogen and oxygen atoms in total. The summed E-state index contributed by atoms with van der Waals surface area (Å²) in [5, 5.41) is 6.08. The highest BCUT2D eigenvalue weighted by molar-refractivity contribution is 5.44. The number of hydrogen-bond donors (Lipinski definition) is 2. The van der Waals surface area contributed by atoms with Gasteiger partial charge in [-0.2, -0.15) is 4.98 Å². The molecule has 1 unspecified atom stereocenters. The summed E-state index contributed by atoms with van der Waals surface area (Å²) in [5.41, 5.74) is 1.47. The maximum absolute atomic E-state index is 13.7. The Morgan fingerprint density at radius 2 is 1.95 bits per heavy atom. The van der Waals surface area contributed by atoms with E-state index in [1.54, 1.807) is 19.2 Å². The monoisotopic (exact) mass is 260 g/mol. The normalized spacial score (nSPS) is 12.0. The number of benzene rings is 1. The van der Waals surface area contributed by atoms with Gasteiger partial charge in [-0.05, 0) is 19.9 Å². The molecule has 1 aromatic heterocycles. The lowest BCUT2D eigenvalue weighted by Crippen LogP contribution is -2.11. The van der Waals surface area contributed by atoms with Crippen molar-refractivity contribution >= 4 is 11.8 Å². The van der Waals surface area contributed by atoms with Crippen molar-refractivity contribution in [1.82, 2.24) is 9.97 Å². The van der Waals surface area contributed by atoms with Gasteiger partial charge in [0.1, 0.15) is 11.6 Å². The molecule has 1 heterocycles. The Balaban J connectivity index is 2.21. The van der Waals surface area contributed by atoms with Crippen molar-refractivity contribution in [1.29, 1.82) is 0 Å². The van der Waals surface area contributed by atoms with Crippen LogP contribution in [0.15, 0.2) is 30.3 Å². The van der Waals surface area contributed by atoms with Crippen LogP contribution in [0, 0.1) is 12.7 Å². The molecule has 0 spiro atoms. The van der Waals surface area contributed by atoms with Gasteiger partial charge in [-0.25, -0.2) is 9.37 Å². The molecule has 100 valence electrons. The summed E-state index contributed by atoms with van der Waals surface area (Å²) >= 11 is 0. The van der Waals surface area contributed by atoms with Gasteiger partial charge in [0, 0.05) is 24.4 Å². The molecular weight excluding hydrogens is 243 g/mol. The summed E-state index contributed by atoms with van der Waals surface area (Å²) in [7, 11) is 1.76. The first kappa shape index (κ1) is 13.3. The molecule has 0 fully saturated rings. The number of hydrogen-bond acceptors (Lipinski definition) is 4. The van der Waals surface area contributed by atoms with Crippen molar-refractivity contribution in [2.75, 3.05) is 17.7 Å². The molecule has 2 aromatic rings. The van der Waals surface area contributed by atoms with Gasteiger partial charge in [-0.15, -0.1) is 0 Å². The van der Waals surface area contributed by atoms with Crippen molar-refractivity contribution in [2.24, 2.45) is 0 Å². The van der Waals surface area contributed by atoms with Crippen LogP contribution in [0.25, 0.3) is 0 Å². The van der Waals surface area contributed by atoms with Gasteiger partial charge in [-0.3, -0.25) is 0 Å². The third kappa shape index (κ3) is 3.19. The Morgan fingerprint density at radius 1 is 1.21 bits per heavy atom. The molecule has 2 rings (SSSR count). The highest BCUT2D eigenvalue weighted by Gasteiger charge is 2.11. The summed E-state index contributed by atoms with van der Waals surface area (Å²) < 4.78 is 13.7. The van der Waals surface area contributed by atoms with Gasteiger partial charge in [0.2, 0.25) is 5.95 Å². The largest absolute Gasteiger partial charge is 0.363 e. The van der Waals surface area contributed by atoms with Gasteiger partial charge in [0.15, 0.2) is 0 Å². The summed E-state index contributed by atoms with van der Waals surface area (Å²) in [6.07, 6.45) is 0. The maximum Gasteiger partial charge on any atom is 0.224 e. The van der Waals surface area contributed by atoms with Gasteiger partial charge in [0.25, 0.3) is 0 Å². The van der Waals surface area contributed by atoms with E-state index in [1.807, 2.05) is 26.0 Å². The zero-order chi connectivity index (χ0) is 13.8. The lowest BCUT2D eigenvalue weighted by Gasteiger charge is -2.16. The van der Waals surface area contributed by atoms with E-state index in [2.05, 4.69) is 20.6 Å². The van der Waals surface area contributed by atoms with E-state index >= 15 is 0 Å². The van der Waals surface area contributed by atoms with E-state index < -0.39 is 0 Å². The van der Waals surface area contributed by atoms with E-state index in [-0.39, 0.29) is 11.9 Å². The molecule has 0 saturated carbocycles. The molecule has 0 bridgehead atoms. The van der Waals surface area contributed by atoms with Crippen LogP contribution in [0.3, 0.4) is 0 Å². The van der Waals surface area contributed by atoms with Crippen LogP contribution < -0.4 is 10.6 Å². The highest BCUT2D eigenvalue weighted by atomic mass is 19.1. The highest BCUT2D eigenvalue weighted by Crippen LogP contribution is 2.21. The number of anilines is 2. The first-order valence-electron chi connectivity index (χ1n) is 6.14. The number of aromatic nitrogens is 2. The number of rotatable bonds is 4.